The van der Waals surface area contributed by atoms with Crippen molar-refractivity contribution in [3.05, 3.63) is 66.8 Å². The molecule has 2 aromatic heterocycles. The van der Waals surface area contributed by atoms with Gasteiger partial charge in [0, 0.05) is 23.4 Å². The molecule has 0 spiro atoms. The van der Waals surface area contributed by atoms with Gasteiger partial charge in [0.15, 0.2) is 11.6 Å². The van der Waals surface area contributed by atoms with Gasteiger partial charge in [-0.05, 0) is 36.8 Å². The minimum Gasteiger partial charge on any atom is -0.496 e. The van der Waals surface area contributed by atoms with Crippen LogP contribution in [0.1, 0.15) is 17.3 Å². The van der Waals surface area contributed by atoms with E-state index < -0.39 is 11.7 Å². The summed E-state index contributed by atoms with van der Waals surface area (Å²) in [5.41, 5.74) is 9.92. The number of nitrogens with one attached hydrogen (secondary N) is 2. The van der Waals surface area contributed by atoms with Crippen LogP contribution in [0.3, 0.4) is 0 Å². The maximum Gasteiger partial charge on any atom is 0.283 e. The first-order chi connectivity index (χ1) is 16.8. The molecular weight excluding hydrogens is 453 g/mol. The highest BCUT2D eigenvalue weighted by Crippen LogP contribution is 2.38. The van der Waals surface area contributed by atoms with Crippen LogP contribution in [0.2, 0.25) is 0 Å². The Bertz CT molecular complexity index is 1450. The summed E-state index contributed by atoms with van der Waals surface area (Å²) in [6.45, 7) is 5.29. The molecule has 0 saturated carbocycles. The fourth-order valence-corrected chi connectivity index (χ4v) is 3.59. The summed E-state index contributed by atoms with van der Waals surface area (Å²) in [5, 5.41) is 13.9. The number of benzene rings is 2. The number of rotatable bonds is 7. The van der Waals surface area contributed by atoms with Crippen molar-refractivity contribution in [1.82, 2.24) is 25.1 Å². The number of fused-ring (bicyclic) bond motifs is 1. The lowest BCUT2D eigenvalue weighted by Crippen LogP contribution is -2.23. The first-order valence-electron chi connectivity index (χ1n) is 10.6. The van der Waals surface area contributed by atoms with Crippen molar-refractivity contribution in [2.75, 3.05) is 24.7 Å². The SMILES string of the molecule is C=C(F)C(=O)Nc1ccc(-c2nn3ncnc(N)c3c2-c2ccc(C(=O)NCC)c(OC)c2)cc1. The maximum absolute atomic E-state index is 13.0. The molecule has 0 bridgehead atoms. The van der Waals surface area contributed by atoms with E-state index in [0.29, 0.717) is 51.4 Å². The Morgan fingerprint density at radius 3 is 2.54 bits per heavy atom. The highest BCUT2D eigenvalue weighted by atomic mass is 19.1. The number of amides is 2. The van der Waals surface area contributed by atoms with Crippen LogP contribution < -0.4 is 21.1 Å². The number of aromatic nitrogens is 4. The van der Waals surface area contributed by atoms with E-state index in [4.69, 9.17) is 10.5 Å². The van der Waals surface area contributed by atoms with Crippen LogP contribution in [-0.4, -0.2) is 45.3 Å². The summed E-state index contributed by atoms with van der Waals surface area (Å²) in [4.78, 5) is 28.1. The van der Waals surface area contributed by atoms with Crippen LogP contribution in [-0.2, 0) is 4.79 Å². The average Bonchev–Trinajstić information content (AvgIpc) is 3.25. The van der Waals surface area contributed by atoms with Crippen LogP contribution in [0.4, 0.5) is 15.9 Å². The normalized spacial score (nSPS) is 10.7. The molecule has 0 aliphatic carbocycles. The molecule has 35 heavy (non-hydrogen) atoms. The van der Waals surface area contributed by atoms with E-state index in [-0.39, 0.29) is 11.7 Å². The topological polar surface area (TPSA) is 137 Å². The third-order valence-electron chi connectivity index (χ3n) is 5.20. The van der Waals surface area contributed by atoms with Gasteiger partial charge < -0.3 is 21.1 Å². The van der Waals surface area contributed by atoms with E-state index in [1.807, 2.05) is 6.92 Å². The number of hydrogen-bond acceptors (Lipinski definition) is 7. The first kappa shape index (κ1) is 23.4. The Morgan fingerprint density at radius 2 is 1.89 bits per heavy atom. The van der Waals surface area contributed by atoms with Gasteiger partial charge in [-0.2, -0.15) is 0 Å². The van der Waals surface area contributed by atoms with Crippen molar-refractivity contribution in [3.8, 4) is 28.1 Å². The molecule has 4 aromatic rings. The number of methoxy groups -OCH3 is 1. The van der Waals surface area contributed by atoms with Gasteiger partial charge in [0.25, 0.3) is 11.8 Å². The lowest BCUT2D eigenvalue weighted by molar-refractivity contribution is -0.114. The van der Waals surface area contributed by atoms with Crippen LogP contribution >= 0.6 is 0 Å². The van der Waals surface area contributed by atoms with Gasteiger partial charge in [-0.1, -0.05) is 24.8 Å². The van der Waals surface area contributed by atoms with Crippen molar-refractivity contribution >= 4 is 28.8 Å². The minimum atomic E-state index is -1.09. The fourth-order valence-electron chi connectivity index (χ4n) is 3.59. The standard InChI is InChI=1S/C24H22FN7O3/c1-4-27-24(34)17-10-7-15(11-18(17)35-3)19-20(31-32-21(19)22(26)28-12-29-32)14-5-8-16(9-6-14)30-23(33)13(2)25/h5-12H,2,4H2,1,3H3,(H,27,34)(H,30,33)(H2,26,28,29). The summed E-state index contributed by atoms with van der Waals surface area (Å²) >= 11 is 0. The van der Waals surface area contributed by atoms with Crippen molar-refractivity contribution < 1.29 is 18.7 Å². The Morgan fingerprint density at radius 1 is 1.17 bits per heavy atom. The monoisotopic (exact) mass is 475 g/mol. The third kappa shape index (κ3) is 4.51. The highest BCUT2D eigenvalue weighted by molar-refractivity contribution is 6.02. The lowest BCUT2D eigenvalue weighted by atomic mass is 9.98. The number of carbonyl (C=O) groups excluding carboxylic acids is 2. The fraction of sp³-hybridized carbons (Fsp3) is 0.125. The number of nitrogens with two attached hydrogens (primary N) is 1. The number of carbonyl (C=O) groups is 2. The van der Waals surface area contributed by atoms with Gasteiger partial charge in [0.1, 0.15) is 23.3 Å². The van der Waals surface area contributed by atoms with Crippen molar-refractivity contribution in [1.29, 1.82) is 0 Å². The molecule has 2 aromatic carbocycles. The number of halogens is 1. The minimum absolute atomic E-state index is 0.214. The van der Waals surface area contributed by atoms with Gasteiger partial charge in [-0.25, -0.2) is 9.37 Å². The molecule has 10 nitrogen and oxygen atoms in total. The predicted molar refractivity (Wildman–Crippen MR) is 130 cm³/mol. The third-order valence-corrected chi connectivity index (χ3v) is 5.20. The molecule has 0 atom stereocenters. The molecule has 2 amide bonds. The number of anilines is 2. The van der Waals surface area contributed by atoms with Gasteiger partial charge in [-0.15, -0.1) is 14.8 Å². The summed E-state index contributed by atoms with van der Waals surface area (Å²) < 4.78 is 19.9. The summed E-state index contributed by atoms with van der Waals surface area (Å²) in [5.74, 6) is -1.68. The number of ether oxygens (including phenoxy) is 1. The van der Waals surface area contributed by atoms with Gasteiger partial charge >= 0.3 is 0 Å². The predicted octanol–water partition coefficient (Wildman–Crippen LogP) is 3.22. The molecular formula is C24H22FN7O3. The zero-order valence-electron chi connectivity index (χ0n) is 19.0. The number of nitrogen functional groups attached to an aromatic ring is 1. The zero-order valence-corrected chi connectivity index (χ0v) is 19.0. The molecule has 0 unspecified atom stereocenters. The quantitative estimate of drug-likeness (QED) is 0.349. The van der Waals surface area contributed by atoms with Crippen molar-refractivity contribution in [2.24, 2.45) is 0 Å². The van der Waals surface area contributed by atoms with Gasteiger partial charge in [-0.3, -0.25) is 9.59 Å². The van der Waals surface area contributed by atoms with E-state index in [1.54, 1.807) is 42.5 Å². The van der Waals surface area contributed by atoms with Crippen molar-refractivity contribution in [3.63, 3.8) is 0 Å². The smallest absolute Gasteiger partial charge is 0.283 e. The number of nitrogens with zero attached hydrogens (tertiary/aromatic N) is 4. The summed E-state index contributed by atoms with van der Waals surface area (Å²) in [6.07, 6.45) is 1.30. The van der Waals surface area contributed by atoms with Gasteiger partial charge in [0.2, 0.25) is 0 Å². The lowest BCUT2D eigenvalue weighted by Gasteiger charge is -2.11. The molecule has 4 N–H and O–H groups in total. The largest absolute Gasteiger partial charge is 0.496 e. The van der Waals surface area contributed by atoms with Crippen LogP contribution in [0.15, 0.2) is 61.2 Å². The Kier molecular flexibility index (Phi) is 6.40. The van der Waals surface area contributed by atoms with E-state index in [2.05, 4.69) is 32.4 Å². The molecule has 0 aliphatic rings. The zero-order chi connectivity index (χ0) is 25.1. The molecule has 2 heterocycles. The second kappa shape index (κ2) is 9.59. The maximum atomic E-state index is 13.0. The van der Waals surface area contributed by atoms with E-state index in [1.165, 1.54) is 18.1 Å². The van der Waals surface area contributed by atoms with E-state index in [9.17, 15) is 14.0 Å². The van der Waals surface area contributed by atoms with Crippen LogP contribution in [0.5, 0.6) is 5.75 Å². The first-order valence-corrected chi connectivity index (χ1v) is 10.6. The van der Waals surface area contributed by atoms with Crippen LogP contribution in [0.25, 0.3) is 27.9 Å². The molecule has 178 valence electrons. The summed E-state index contributed by atoms with van der Waals surface area (Å²) in [7, 11) is 1.48. The summed E-state index contributed by atoms with van der Waals surface area (Å²) in [6, 6.07) is 11.8. The average molecular weight is 475 g/mol. The second-order valence-corrected chi connectivity index (χ2v) is 7.42. The molecule has 11 heteroatoms. The van der Waals surface area contributed by atoms with Crippen LogP contribution in [0, 0.1) is 0 Å². The Hall–Kier alpha value is -4.80. The molecule has 0 aliphatic heterocycles. The second-order valence-electron chi connectivity index (χ2n) is 7.42. The van der Waals surface area contributed by atoms with E-state index >= 15 is 0 Å². The van der Waals surface area contributed by atoms with Crippen molar-refractivity contribution in [2.45, 2.75) is 6.92 Å². The number of hydrogen-bond donors (Lipinski definition) is 3. The Labute approximate surface area is 199 Å². The molecule has 0 radical (unpaired) electrons. The highest BCUT2D eigenvalue weighted by Gasteiger charge is 2.22. The molecule has 4 rings (SSSR count). The molecule has 0 fully saturated rings. The van der Waals surface area contributed by atoms with E-state index in [0.717, 1.165) is 0 Å². The Balaban J connectivity index is 1.85. The van der Waals surface area contributed by atoms with Gasteiger partial charge in [0.05, 0.1) is 12.7 Å². The molecule has 0 saturated heterocycles.